The van der Waals surface area contributed by atoms with Gasteiger partial charge in [0.15, 0.2) is 0 Å². The van der Waals surface area contributed by atoms with Crippen LogP contribution in [0.2, 0.25) is 5.02 Å². The second-order valence-corrected chi connectivity index (χ2v) is 3.36. The van der Waals surface area contributed by atoms with Gasteiger partial charge in [-0.3, -0.25) is 4.68 Å². The van der Waals surface area contributed by atoms with Crippen molar-refractivity contribution >= 4 is 11.6 Å². The van der Waals surface area contributed by atoms with Crippen LogP contribution >= 0.6 is 11.6 Å². The molecule has 1 aromatic rings. The van der Waals surface area contributed by atoms with Crippen molar-refractivity contribution in [2.45, 2.75) is 26.3 Å². The summed E-state index contributed by atoms with van der Waals surface area (Å²) >= 11 is 5.87. The predicted molar refractivity (Wildman–Crippen MR) is 48.4 cm³/mol. The lowest BCUT2D eigenvalue weighted by Gasteiger charge is -2.09. The maximum atomic E-state index is 8.77. The molecule has 0 spiro atoms. The number of nitrogens with zero attached hydrogens (tertiary/aromatic N) is 2. The summed E-state index contributed by atoms with van der Waals surface area (Å²) in [6.45, 7) is 4.17. The van der Waals surface area contributed by atoms with Crippen LogP contribution in [0.15, 0.2) is 6.20 Å². The predicted octanol–water partition coefficient (Wildman–Crippen LogP) is 1.65. The second-order valence-electron chi connectivity index (χ2n) is 2.95. The van der Waals surface area contributed by atoms with Gasteiger partial charge in [0.1, 0.15) is 0 Å². The Bertz CT molecular complexity index is 258. The van der Waals surface area contributed by atoms with Crippen molar-refractivity contribution in [3.05, 3.63) is 16.9 Å². The molecule has 0 aliphatic rings. The van der Waals surface area contributed by atoms with Gasteiger partial charge in [-0.25, -0.2) is 0 Å². The van der Waals surface area contributed by atoms with Gasteiger partial charge in [0.25, 0.3) is 0 Å². The van der Waals surface area contributed by atoms with Crippen LogP contribution in [0, 0.1) is 0 Å². The summed E-state index contributed by atoms with van der Waals surface area (Å²) in [5.74, 6) is 0. The highest BCUT2D eigenvalue weighted by Crippen LogP contribution is 2.18. The monoisotopic (exact) mass is 188 g/mol. The van der Waals surface area contributed by atoms with E-state index in [2.05, 4.69) is 5.10 Å². The summed E-state index contributed by atoms with van der Waals surface area (Å²) in [5.41, 5.74) is 0.911. The third-order valence-corrected chi connectivity index (χ3v) is 2.00. The van der Waals surface area contributed by atoms with Gasteiger partial charge in [0, 0.05) is 19.1 Å². The fraction of sp³-hybridized carbons (Fsp3) is 0.625. The van der Waals surface area contributed by atoms with E-state index in [1.54, 1.807) is 6.20 Å². The van der Waals surface area contributed by atoms with Crippen LogP contribution in [0.3, 0.4) is 0 Å². The summed E-state index contributed by atoms with van der Waals surface area (Å²) in [7, 11) is 0. The summed E-state index contributed by atoms with van der Waals surface area (Å²) < 4.78 is 1.83. The zero-order valence-corrected chi connectivity index (χ0v) is 8.04. The molecule has 0 amide bonds. The average Bonchev–Trinajstić information content (AvgIpc) is 2.34. The molecule has 0 aromatic carbocycles. The molecule has 3 nitrogen and oxygen atoms in total. The molecular weight excluding hydrogens is 176 g/mol. The molecule has 0 bridgehead atoms. The van der Waals surface area contributed by atoms with E-state index < -0.39 is 0 Å². The molecule has 1 rings (SSSR count). The molecule has 0 unspecified atom stereocenters. The third kappa shape index (κ3) is 1.79. The minimum Gasteiger partial charge on any atom is -0.396 e. The first-order valence-electron chi connectivity index (χ1n) is 3.99. The van der Waals surface area contributed by atoms with Crippen LogP contribution in [0.5, 0.6) is 0 Å². The molecule has 0 radical (unpaired) electrons. The van der Waals surface area contributed by atoms with Gasteiger partial charge in [-0.15, -0.1) is 0 Å². The van der Waals surface area contributed by atoms with Gasteiger partial charge in [-0.2, -0.15) is 5.10 Å². The quantitative estimate of drug-likeness (QED) is 0.784. The first-order valence-corrected chi connectivity index (χ1v) is 4.37. The summed E-state index contributed by atoms with van der Waals surface area (Å²) in [5, 5.41) is 13.5. The van der Waals surface area contributed by atoms with E-state index in [1.807, 2.05) is 18.5 Å². The van der Waals surface area contributed by atoms with E-state index in [-0.39, 0.29) is 6.61 Å². The highest BCUT2D eigenvalue weighted by atomic mass is 35.5. The van der Waals surface area contributed by atoms with Crippen molar-refractivity contribution in [3.63, 3.8) is 0 Å². The number of halogens is 1. The van der Waals surface area contributed by atoms with Crippen LogP contribution < -0.4 is 0 Å². The lowest BCUT2D eigenvalue weighted by Crippen LogP contribution is -2.08. The molecule has 0 atom stereocenters. The largest absolute Gasteiger partial charge is 0.396 e. The molecule has 12 heavy (non-hydrogen) atoms. The lowest BCUT2D eigenvalue weighted by atomic mass is 10.3. The smallest absolute Gasteiger partial charge is 0.0818 e. The van der Waals surface area contributed by atoms with E-state index in [9.17, 15) is 0 Å². The molecule has 0 fully saturated rings. The van der Waals surface area contributed by atoms with Crippen LogP contribution in [0.4, 0.5) is 0 Å². The molecular formula is C8H13ClN2O. The van der Waals surface area contributed by atoms with Crippen molar-refractivity contribution in [3.8, 4) is 0 Å². The van der Waals surface area contributed by atoms with E-state index in [4.69, 9.17) is 16.7 Å². The summed E-state index contributed by atoms with van der Waals surface area (Å²) in [6, 6.07) is 0.291. The molecule has 0 aliphatic heterocycles. The lowest BCUT2D eigenvalue weighted by molar-refractivity contribution is 0.294. The van der Waals surface area contributed by atoms with E-state index in [0.717, 1.165) is 5.69 Å². The van der Waals surface area contributed by atoms with E-state index in [0.29, 0.717) is 17.5 Å². The summed E-state index contributed by atoms with van der Waals surface area (Å²) in [4.78, 5) is 0. The topological polar surface area (TPSA) is 38.0 Å². The minimum atomic E-state index is 0.109. The van der Waals surface area contributed by atoms with Crippen molar-refractivity contribution in [1.29, 1.82) is 0 Å². The normalized spacial score (nSPS) is 11.1. The maximum Gasteiger partial charge on any atom is 0.0818 e. The first-order chi connectivity index (χ1) is 5.66. The molecule has 1 heterocycles. The van der Waals surface area contributed by atoms with Crippen LogP contribution in [0.25, 0.3) is 0 Å². The van der Waals surface area contributed by atoms with Crippen molar-refractivity contribution < 1.29 is 5.11 Å². The Morgan fingerprint density at radius 3 is 2.83 bits per heavy atom. The van der Waals surface area contributed by atoms with Gasteiger partial charge < -0.3 is 5.11 Å². The van der Waals surface area contributed by atoms with Gasteiger partial charge in [-0.05, 0) is 13.8 Å². The molecule has 0 saturated heterocycles. The number of hydrogen-bond donors (Lipinski definition) is 1. The van der Waals surface area contributed by atoms with Crippen LogP contribution in [-0.4, -0.2) is 21.5 Å². The van der Waals surface area contributed by atoms with E-state index in [1.165, 1.54) is 0 Å². The standard InChI is InChI=1S/C8H13ClN2O/c1-6(2)11-8(3-4-12)7(9)5-10-11/h5-6,12H,3-4H2,1-2H3. The summed E-state index contributed by atoms with van der Waals surface area (Å²) in [6.07, 6.45) is 2.18. The molecule has 1 aromatic heterocycles. The zero-order valence-electron chi connectivity index (χ0n) is 7.29. The number of aromatic nitrogens is 2. The zero-order chi connectivity index (χ0) is 9.14. The van der Waals surface area contributed by atoms with Crippen LogP contribution in [0.1, 0.15) is 25.6 Å². The van der Waals surface area contributed by atoms with Gasteiger partial charge in [-0.1, -0.05) is 11.6 Å². The van der Waals surface area contributed by atoms with Crippen molar-refractivity contribution in [1.82, 2.24) is 9.78 Å². The number of aliphatic hydroxyl groups is 1. The Labute approximate surface area is 77.0 Å². The Hall–Kier alpha value is -0.540. The highest BCUT2D eigenvalue weighted by molar-refractivity contribution is 6.31. The van der Waals surface area contributed by atoms with Crippen molar-refractivity contribution in [2.75, 3.05) is 6.61 Å². The Balaban J connectivity index is 2.95. The third-order valence-electron chi connectivity index (χ3n) is 1.69. The molecule has 1 N–H and O–H groups in total. The Morgan fingerprint density at radius 2 is 2.33 bits per heavy atom. The van der Waals surface area contributed by atoms with E-state index >= 15 is 0 Å². The van der Waals surface area contributed by atoms with Crippen molar-refractivity contribution in [2.24, 2.45) is 0 Å². The molecule has 0 aliphatic carbocycles. The highest BCUT2D eigenvalue weighted by Gasteiger charge is 2.10. The number of aliphatic hydroxyl groups excluding tert-OH is 1. The fourth-order valence-electron chi connectivity index (χ4n) is 1.15. The number of hydrogen-bond acceptors (Lipinski definition) is 2. The molecule has 4 heteroatoms. The first kappa shape index (κ1) is 9.55. The van der Waals surface area contributed by atoms with Crippen LogP contribution in [-0.2, 0) is 6.42 Å². The maximum absolute atomic E-state index is 8.77. The number of rotatable bonds is 3. The average molecular weight is 189 g/mol. The molecule has 68 valence electrons. The Kier molecular flexibility index (Phi) is 3.12. The SMILES string of the molecule is CC(C)n1ncc(Cl)c1CCO. The van der Waals surface area contributed by atoms with Gasteiger partial charge in [0.2, 0.25) is 0 Å². The second kappa shape index (κ2) is 3.92. The Morgan fingerprint density at radius 1 is 1.67 bits per heavy atom. The van der Waals surface area contributed by atoms with Gasteiger partial charge >= 0.3 is 0 Å². The fourth-order valence-corrected chi connectivity index (χ4v) is 1.38. The minimum absolute atomic E-state index is 0.109. The molecule has 0 saturated carbocycles. The van der Waals surface area contributed by atoms with Gasteiger partial charge in [0.05, 0.1) is 16.9 Å².